The number of halogens is 3. The van der Waals surface area contributed by atoms with Gasteiger partial charge in [-0.2, -0.15) is 0 Å². The summed E-state index contributed by atoms with van der Waals surface area (Å²) in [5, 5.41) is 13.8. The van der Waals surface area contributed by atoms with Crippen LogP contribution in [0.3, 0.4) is 0 Å². The van der Waals surface area contributed by atoms with E-state index >= 15 is 0 Å². The van der Waals surface area contributed by atoms with Gasteiger partial charge >= 0.3 is 12.3 Å². The van der Waals surface area contributed by atoms with Crippen LogP contribution >= 0.6 is 0 Å². The molecule has 0 aliphatic heterocycles. The number of ether oxygens (including phenoxy) is 1. The second-order valence-corrected chi connectivity index (χ2v) is 8.61. The lowest BCUT2D eigenvalue weighted by Crippen LogP contribution is -2.18. The number of aryl methyl sites for hydroxylation is 3. The highest BCUT2D eigenvalue weighted by atomic mass is 19.4. The van der Waals surface area contributed by atoms with Crippen LogP contribution < -0.4 is 10.3 Å². The van der Waals surface area contributed by atoms with Crippen molar-refractivity contribution in [2.24, 2.45) is 7.05 Å². The Balaban J connectivity index is 1.83. The summed E-state index contributed by atoms with van der Waals surface area (Å²) in [5.41, 5.74) is 2.51. The maximum Gasteiger partial charge on any atom is 0.573 e. The molecule has 4 heterocycles. The zero-order valence-electron chi connectivity index (χ0n) is 20.2. The average molecular weight is 524 g/mol. The zero-order valence-corrected chi connectivity index (χ0v) is 20.2. The molecule has 1 aromatic carbocycles. The Hall–Kier alpha value is -4.87. The molecule has 0 saturated heterocycles. The van der Waals surface area contributed by atoms with Gasteiger partial charge in [0.25, 0.3) is 0 Å². The monoisotopic (exact) mass is 524 g/mol. The molecule has 9 nitrogen and oxygen atoms in total. The van der Waals surface area contributed by atoms with Gasteiger partial charge in [-0.05, 0) is 44.2 Å². The summed E-state index contributed by atoms with van der Waals surface area (Å²) >= 11 is 0. The van der Waals surface area contributed by atoms with Crippen molar-refractivity contribution in [2.45, 2.75) is 20.2 Å². The minimum Gasteiger partial charge on any atom is -0.478 e. The lowest BCUT2D eigenvalue weighted by Gasteiger charge is -2.14. The van der Waals surface area contributed by atoms with E-state index in [9.17, 15) is 27.9 Å². The van der Waals surface area contributed by atoms with Crippen LogP contribution in [0.1, 0.15) is 21.8 Å². The normalized spacial score (nSPS) is 11.7. The van der Waals surface area contributed by atoms with Gasteiger partial charge in [-0.3, -0.25) is 9.36 Å². The molecular weight excluding hydrogens is 505 g/mol. The predicted octanol–water partition coefficient (Wildman–Crippen LogP) is 5.26. The first-order valence-electron chi connectivity index (χ1n) is 11.2. The van der Waals surface area contributed by atoms with Gasteiger partial charge in [0, 0.05) is 59.3 Å². The second-order valence-electron chi connectivity index (χ2n) is 8.61. The van der Waals surface area contributed by atoms with E-state index in [1.54, 1.807) is 56.2 Å². The topological polar surface area (TPSA) is 112 Å². The third-order valence-corrected chi connectivity index (χ3v) is 6.06. The number of aromatic nitrogens is 4. The summed E-state index contributed by atoms with van der Waals surface area (Å²) in [4.78, 5) is 28.0. The molecule has 0 fully saturated rings. The molecule has 0 unspecified atom stereocenters. The van der Waals surface area contributed by atoms with Crippen LogP contribution in [-0.4, -0.2) is 36.7 Å². The number of fused-ring (bicyclic) bond motifs is 1. The van der Waals surface area contributed by atoms with Crippen molar-refractivity contribution in [2.75, 3.05) is 0 Å². The molecule has 38 heavy (non-hydrogen) atoms. The van der Waals surface area contributed by atoms with Crippen molar-refractivity contribution in [3.05, 3.63) is 82.4 Å². The fourth-order valence-electron chi connectivity index (χ4n) is 4.36. The van der Waals surface area contributed by atoms with Gasteiger partial charge in [-0.25, -0.2) is 9.78 Å². The van der Waals surface area contributed by atoms with Crippen LogP contribution in [0.25, 0.3) is 39.0 Å². The molecule has 0 aliphatic rings. The second kappa shape index (κ2) is 8.91. The molecule has 5 aromatic rings. The Bertz CT molecular complexity index is 1760. The number of carboxylic acids is 1. The smallest absolute Gasteiger partial charge is 0.478 e. The van der Waals surface area contributed by atoms with Gasteiger partial charge in [-0.1, -0.05) is 5.16 Å². The predicted molar refractivity (Wildman–Crippen MR) is 130 cm³/mol. The molecule has 0 saturated carbocycles. The maximum absolute atomic E-state index is 13.3. The highest BCUT2D eigenvalue weighted by Gasteiger charge is 2.33. The number of aromatic carboxylic acids is 1. The van der Waals surface area contributed by atoms with Crippen molar-refractivity contribution in [1.82, 2.24) is 19.3 Å². The first-order chi connectivity index (χ1) is 17.9. The van der Waals surface area contributed by atoms with Crippen LogP contribution in [-0.2, 0) is 7.05 Å². The van der Waals surface area contributed by atoms with E-state index in [0.29, 0.717) is 44.9 Å². The van der Waals surface area contributed by atoms with Crippen molar-refractivity contribution in [3.8, 4) is 33.7 Å². The first kappa shape index (κ1) is 24.8. The quantitative estimate of drug-likeness (QED) is 0.334. The molecule has 0 bridgehead atoms. The number of rotatable bonds is 5. The molecule has 0 atom stereocenters. The molecule has 0 amide bonds. The highest BCUT2D eigenvalue weighted by Crippen LogP contribution is 2.41. The zero-order chi connectivity index (χ0) is 27.4. The van der Waals surface area contributed by atoms with Crippen LogP contribution in [0.2, 0.25) is 0 Å². The Labute approximate surface area is 212 Å². The van der Waals surface area contributed by atoms with Crippen LogP contribution in [0.5, 0.6) is 5.75 Å². The minimum absolute atomic E-state index is 0.00129. The Morgan fingerprint density at radius 3 is 2.47 bits per heavy atom. The largest absolute Gasteiger partial charge is 0.573 e. The molecule has 0 radical (unpaired) electrons. The summed E-state index contributed by atoms with van der Waals surface area (Å²) < 4.78 is 52.5. The van der Waals surface area contributed by atoms with E-state index in [1.807, 2.05) is 0 Å². The van der Waals surface area contributed by atoms with E-state index in [0.717, 1.165) is 6.07 Å². The standard InChI is InChI=1S/C26H19F3N4O5/c1-13-23(14(2)38-31-13)16-8-19-20(18-6-4-15(25(35)36)9-21(18)37-26(27,28)29)12-33(24(19)30-10-16)17-5-7-22(34)32(3)11-17/h4-12H,1-3H3,(H,35,36). The molecule has 194 valence electrons. The molecule has 1 N–H and O–H groups in total. The number of nitrogens with zero attached hydrogens (tertiary/aromatic N) is 4. The molecular formula is C26H19F3N4O5. The first-order valence-corrected chi connectivity index (χ1v) is 11.2. The van der Waals surface area contributed by atoms with Crippen molar-refractivity contribution in [1.29, 1.82) is 0 Å². The van der Waals surface area contributed by atoms with Gasteiger partial charge in [0.15, 0.2) is 0 Å². The number of hydrogen-bond acceptors (Lipinski definition) is 6. The highest BCUT2D eigenvalue weighted by molar-refractivity contribution is 5.99. The summed E-state index contributed by atoms with van der Waals surface area (Å²) in [6, 6.07) is 7.95. The fourth-order valence-corrected chi connectivity index (χ4v) is 4.36. The number of benzene rings is 1. The van der Waals surface area contributed by atoms with Crippen LogP contribution in [0.15, 0.2) is 64.3 Å². The number of carbonyl (C=O) groups is 1. The summed E-state index contributed by atoms with van der Waals surface area (Å²) in [6.07, 6.45) is -0.344. The van der Waals surface area contributed by atoms with E-state index in [-0.39, 0.29) is 16.7 Å². The lowest BCUT2D eigenvalue weighted by atomic mass is 10.00. The van der Waals surface area contributed by atoms with E-state index < -0.39 is 18.1 Å². The lowest BCUT2D eigenvalue weighted by molar-refractivity contribution is -0.274. The SMILES string of the molecule is Cc1noc(C)c1-c1cnc2c(c1)c(-c1ccc(C(=O)O)cc1OC(F)(F)F)cn2-c1ccc(=O)n(C)c1. The van der Waals surface area contributed by atoms with Crippen LogP contribution in [0, 0.1) is 13.8 Å². The summed E-state index contributed by atoms with van der Waals surface area (Å²) in [7, 11) is 1.57. The molecule has 0 aliphatic carbocycles. The minimum atomic E-state index is -5.07. The van der Waals surface area contributed by atoms with Crippen molar-refractivity contribution in [3.63, 3.8) is 0 Å². The van der Waals surface area contributed by atoms with Gasteiger partial charge in [0.05, 0.1) is 16.9 Å². The van der Waals surface area contributed by atoms with Gasteiger partial charge < -0.3 is 18.9 Å². The maximum atomic E-state index is 13.3. The van der Waals surface area contributed by atoms with Gasteiger partial charge in [-0.15, -0.1) is 13.2 Å². The van der Waals surface area contributed by atoms with Crippen molar-refractivity contribution >= 4 is 17.0 Å². The summed E-state index contributed by atoms with van der Waals surface area (Å²) in [6.45, 7) is 3.49. The van der Waals surface area contributed by atoms with Gasteiger partial charge in [0.2, 0.25) is 5.56 Å². The van der Waals surface area contributed by atoms with E-state index in [4.69, 9.17) is 4.52 Å². The third-order valence-electron chi connectivity index (χ3n) is 6.06. The van der Waals surface area contributed by atoms with Crippen molar-refractivity contribution < 1.29 is 32.3 Å². The number of carboxylic acid groups (broad SMARTS) is 1. The Morgan fingerprint density at radius 2 is 1.84 bits per heavy atom. The summed E-state index contributed by atoms with van der Waals surface area (Å²) in [5.74, 6) is -1.55. The van der Waals surface area contributed by atoms with Crippen LogP contribution in [0.4, 0.5) is 13.2 Å². The number of alkyl halides is 3. The molecule has 12 heteroatoms. The average Bonchev–Trinajstić information content (AvgIpc) is 3.38. The number of hydrogen-bond donors (Lipinski definition) is 1. The molecule has 5 rings (SSSR count). The van der Waals surface area contributed by atoms with E-state index in [2.05, 4.69) is 14.9 Å². The third kappa shape index (κ3) is 4.40. The van der Waals surface area contributed by atoms with E-state index in [1.165, 1.54) is 22.8 Å². The van der Waals surface area contributed by atoms with Gasteiger partial charge in [0.1, 0.15) is 17.2 Å². The number of pyridine rings is 2. The molecule has 4 aromatic heterocycles. The Morgan fingerprint density at radius 1 is 1.08 bits per heavy atom. The fraction of sp³-hybridized carbons (Fsp3) is 0.154. The molecule has 0 spiro atoms. The Kier molecular flexibility index (Phi) is 5.81.